The Balaban J connectivity index is 2.28. The van der Waals surface area contributed by atoms with E-state index in [1.165, 1.54) is 0 Å². The third-order valence-electron chi connectivity index (χ3n) is 3.33. The Labute approximate surface area is 116 Å². The summed E-state index contributed by atoms with van der Waals surface area (Å²) in [6.45, 7) is 0. The second kappa shape index (κ2) is 4.81. The summed E-state index contributed by atoms with van der Waals surface area (Å²) < 4.78 is 3.35. The molecule has 0 fully saturated rings. The van der Waals surface area contributed by atoms with Crippen LogP contribution in [0.1, 0.15) is 0 Å². The fraction of sp³-hybridized carbons (Fsp3) is 0.125. The van der Waals surface area contributed by atoms with E-state index in [4.69, 9.17) is 0 Å². The highest BCUT2D eigenvalue weighted by Gasteiger charge is 2.11. The minimum atomic E-state index is -0.0171. The number of benzene rings is 1. The third kappa shape index (κ3) is 2.16. The van der Waals surface area contributed by atoms with Crippen LogP contribution in [-0.4, -0.2) is 14.3 Å². The number of pyridine rings is 1. The van der Waals surface area contributed by atoms with Gasteiger partial charge in [0, 0.05) is 43.7 Å². The van der Waals surface area contributed by atoms with Gasteiger partial charge in [0.25, 0.3) is 5.56 Å². The molecule has 1 aromatic carbocycles. The zero-order chi connectivity index (χ0) is 14.1. The molecular formula is C16H15N3O. The van der Waals surface area contributed by atoms with Gasteiger partial charge in [-0.3, -0.25) is 9.48 Å². The summed E-state index contributed by atoms with van der Waals surface area (Å²) in [6.07, 6.45) is 5.63. The number of nitrogens with zero attached hydrogens (tertiary/aromatic N) is 3. The lowest BCUT2D eigenvalue weighted by atomic mass is 9.98. The number of hydrogen-bond acceptors (Lipinski definition) is 2. The normalized spacial score (nSPS) is 10.7. The van der Waals surface area contributed by atoms with Crippen molar-refractivity contribution in [3.63, 3.8) is 0 Å². The molecule has 100 valence electrons. The van der Waals surface area contributed by atoms with Gasteiger partial charge in [-0.2, -0.15) is 5.10 Å². The molecule has 20 heavy (non-hydrogen) atoms. The Kier molecular flexibility index (Phi) is 2.99. The van der Waals surface area contributed by atoms with Gasteiger partial charge < -0.3 is 4.57 Å². The van der Waals surface area contributed by atoms with Crippen molar-refractivity contribution in [2.45, 2.75) is 0 Å². The standard InChI is InChI=1S/C16H15N3O/c1-18-11-15(13-9-17-19(2)10-13)14(8-16(18)20)12-6-4-3-5-7-12/h3-11H,1-2H3. The van der Waals surface area contributed by atoms with E-state index in [0.717, 1.165) is 22.3 Å². The topological polar surface area (TPSA) is 39.8 Å². The molecule has 0 N–H and O–H groups in total. The van der Waals surface area contributed by atoms with Crippen molar-refractivity contribution in [1.82, 2.24) is 14.3 Å². The first-order valence-electron chi connectivity index (χ1n) is 6.40. The fourth-order valence-corrected chi connectivity index (χ4v) is 2.28. The van der Waals surface area contributed by atoms with Crippen molar-refractivity contribution in [3.05, 3.63) is 65.3 Å². The van der Waals surface area contributed by atoms with Crippen LogP contribution in [-0.2, 0) is 14.1 Å². The monoisotopic (exact) mass is 265 g/mol. The molecule has 0 aliphatic carbocycles. The predicted molar refractivity (Wildman–Crippen MR) is 79.3 cm³/mol. The van der Waals surface area contributed by atoms with Crippen LogP contribution in [0.5, 0.6) is 0 Å². The van der Waals surface area contributed by atoms with Crippen LogP contribution in [0.3, 0.4) is 0 Å². The van der Waals surface area contributed by atoms with Crippen LogP contribution < -0.4 is 5.56 Å². The van der Waals surface area contributed by atoms with Crippen LogP contribution in [0.2, 0.25) is 0 Å². The Morgan fingerprint density at radius 3 is 2.35 bits per heavy atom. The zero-order valence-corrected chi connectivity index (χ0v) is 11.4. The first-order valence-corrected chi connectivity index (χ1v) is 6.40. The molecule has 0 aliphatic rings. The van der Waals surface area contributed by atoms with Crippen molar-refractivity contribution in [1.29, 1.82) is 0 Å². The van der Waals surface area contributed by atoms with E-state index in [1.54, 1.807) is 22.4 Å². The highest BCUT2D eigenvalue weighted by atomic mass is 16.1. The molecule has 2 heterocycles. The molecule has 0 saturated carbocycles. The molecule has 0 bridgehead atoms. The Morgan fingerprint density at radius 1 is 0.950 bits per heavy atom. The fourth-order valence-electron chi connectivity index (χ4n) is 2.28. The first-order chi connectivity index (χ1) is 9.65. The predicted octanol–water partition coefficient (Wildman–Crippen LogP) is 2.45. The van der Waals surface area contributed by atoms with Gasteiger partial charge in [-0.05, 0) is 11.1 Å². The van der Waals surface area contributed by atoms with E-state index in [0.29, 0.717) is 0 Å². The Morgan fingerprint density at radius 2 is 1.70 bits per heavy atom. The lowest BCUT2D eigenvalue weighted by molar-refractivity contribution is 0.768. The van der Waals surface area contributed by atoms with E-state index in [1.807, 2.05) is 56.0 Å². The average Bonchev–Trinajstić information content (AvgIpc) is 2.89. The van der Waals surface area contributed by atoms with E-state index < -0.39 is 0 Å². The summed E-state index contributed by atoms with van der Waals surface area (Å²) >= 11 is 0. The van der Waals surface area contributed by atoms with Gasteiger partial charge in [-0.1, -0.05) is 30.3 Å². The molecule has 3 rings (SSSR count). The smallest absolute Gasteiger partial charge is 0.250 e. The number of aromatic nitrogens is 3. The Bertz CT molecular complexity index is 800. The molecule has 0 saturated heterocycles. The highest BCUT2D eigenvalue weighted by Crippen LogP contribution is 2.30. The van der Waals surface area contributed by atoms with Gasteiger partial charge in [0.1, 0.15) is 0 Å². The average molecular weight is 265 g/mol. The van der Waals surface area contributed by atoms with Gasteiger partial charge in [0.2, 0.25) is 0 Å². The number of rotatable bonds is 2. The maximum atomic E-state index is 11.9. The van der Waals surface area contributed by atoms with Crippen LogP contribution >= 0.6 is 0 Å². The molecule has 0 amide bonds. The maximum absolute atomic E-state index is 11.9. The molecule has 3 aromatic rings. The van der Waals surface area contributed by atoms with Crippen LogP contribution in [0.4, 0.5) is 0 Å². The second-order valence-corrected chi connectivity index (χ2v) is 4.82. The molecule has 0 radical (unpaired) electrons. The van der Waals surface area contributed by atoms with Crippen LogP contribution in [0.15, 0.2) is 59.8 Å². The van der Waals surface area contributed by atoms with Gasteiger partial charge in [0.05, 0.1) is 6.20 Å². The first kappa shape index (κ1) is 12.4. The molecule has 4 nitrogen and oxygen atoms in total. The molecule has 0 spiro atoms. The highest BCUT2D eigenvalue weighted by molar-refractivity contribution is 5.82. The van der Waals surface area contributed by atoms with Crippen molar-refractivity contribution < 1.29 is 0 Å². The van der Waals surface area contributed by atoms with E-state index in [-0.39, 0.29) is 5.56 Å². The quantitative estimate of drug-likeness (QED) is 0.714. The summed E-state index contributed by atoms with van der Waals surface area (Å²) in [5, 5.41) is 4.21. The van der Waals surface area contributed by atoms with Crippen LogP contribution in [0.25, 0.3) is 22.3 Å². The molecule has 2 aromatic heterocycles. The van der Waals surface area contributed by atoms with Crippen molar-refractivity contribution in [2.75, 3.05) is 0 Å². The van der Waals surface area contributed by atoms with Crippen molar-refractivity contribution >= 4 is 0 Å². The van der Waals surface area contributed by atoms with E-state index in [9.17, 15) is 4.79 Å². The molecule has 0 aliphatic heterocycles. The van der Waals surface area contributed by atoms with Crippen LogP contribution in [0, 0.1) is 0 Å². The van der Waals surface area contributed by atoms with E-state index >= 15 is 0 Å². The molecular weight excluding hydrogens is 250 g/mol. The minimum absolute atomic E-state index is 0.0171. The summed E-state index contributed by atoms with van der Waals surface area (Å²) in [5.74, 6) is 0. The summed E-state index contributed by atoms with van der Waals surface area (Å²) in [5.41, 5.74) is 3.95. The summed E-state index contributed by atoms with van der Waals surface area (Å²) in [6, 6.07) is 11.6. The largest absolute Gasteiger partial charge is 0.318 e. The lowest BCUT2D eigenvalue weighted by Gasteiger charge is -2.10. The zero-order valence-electron chi connectivity index (χ0n) is 11.4. The van der Waals surface area contributed by atoms with Gasteiger partial charge in [0.15, 0.2) is 0 Å². The summed E-state index contributed by atoms with van der Waals surface area (Å²) in [4.78, 5) is 11.9. The van der Waals surface area contributed by atoms with Gasteiger partial charge in [-0.15, -0.1) is 0 Å². The number of hydrogen-bond donors (Lipinski definition) is 0. The third-order valence-corrected chi connectivity index (χ3v) is 3.33. The van der Waals surface area contributed by atoms with Gasteiger partial charge in [-0.25, -0.2) is 0 Å². The molecule has 0 unspecified atom stereocenters. The molecule has 4 heteroatoms. The lowest BCUT2D eigenvalue weighted by Crippen LogP contribution is -2.15. The number of aryl methyl sites for hydroxylation is 2. The van der Waals surface area contributed by atoms with Crippen molar-refractivity contribution in [2.24, 2.45) is 14.1 Å². The summed E-state index contributed by atoms with van der Waals surface area (Å²) in [7, 11) is 3.64. The van der Waals surface area contributed by atoms with E-state index in [2.05, 4.69) is 5.10 Å². The maximum Gasteiger partial charge on any atom is 0.250 e. The van der Waals surface area contributed by atoms with Crippen molar-refractivity contribution in [3.8, 4) is 22.3 Å². The van der Waals surface area contributed by atoms with Gasteiger partial charge >= 0.3 is 0 Å². The second-order valence-electron chi connectivity index (χ2n) is 4.82. The Hall–Kier alpha value is -2.62. The SMILES string of the molecule is Cn1cc(-c2cn(C)c(=O)cc2-c2ccccc2)cn1. The minimum Gasteiger partial charge on any atom is -0.318 e. The molecule has 0 atom stereocenters.